The first kappa shape index (κ1) is 8.09. The van der Waals surface area contributed by atoms with Crippen molar-refractivity contribution >= 4 is 38.3 Å². The van der Waals surface area contributed by atoms with Crippen LogP contribution in [0.1, 0.15) is 0 Å². The molecule has 0 amide bonds. The van der Waals surface area contributed by atoms with E-state index in [1.165, 1.54) is 5.39 Å². The summed E-state index contributed by atoms with van der Waals surface area (Å²) in [6.45, 7) is 0. The first-order chi connectivity index (χ1) is 5.79. The van der Waals surface area contributed by atoms with Gasteiger partial charge in [-0.25, -0.2) is 0 Å². The lowest BCUT2D eigenvalue weighted by Gasteiger charge is -2.01. The van der Waals surface area contributed by atoms with Gasteiger partial charge in [-0.2, -0.15) is 0 Å². The molecule has 0 atom stereocenters. The van der Waals surface area contributed by atoms with Crippen LogP contribution < -0.4 is 0 Å². The van der Waals surface area contributed by atoms with Crippen LogP contribution in [0.25, 0.3) is 10.8 Å². The number of benzene rings is 2. The predicted octanol–water partition coefficient (Wildman–Crippen LogP) is 4.26. The Hall–Kier alpha value is -0.530. The molecule has 60 valence electrons. The van der Waals surface area contributed by atoms with Crippen molar-refractivity contribution in [1.82, 2.24) is 0 Å². The minimum atomic E-state index is 0.758. The molecule has 0 radical (unpaired) electrons. The molecule has 12 heavy (non-hydrogen) atoms. The van der Waals surface area contributed by atoms with Crippen molar-refractivity contribution < 1.29 is 0 Å². The minimum Gasteiger partial charge on any atom is -0.0831 e. The van der Waals surface area contributed by atoms with Gasteiger partial charge in [0.25, 0.3) is 0 Å². The summed E-state index contributed by atoms with van der Waals surface area (Å²) in [5.41, 5.74) is 0. The average molecular weight is 242 g/mol. The van der Waals surface area contributed by atoms with E-state index in [1.54, 1.807) is 0 Å². The monoisotopic (exact) mass is 240 g/mol. The summed E-state index contributed by atoms with van der Waals surface area (Å²) in [6, 6.07) is 12.0. The van der Waals surface area contributed by atoms with E-state index in [-0.39, 0.29) is 0 Å². The van der Waals surface area contributed by atoms with Crippen LogP contribution in [0.15, 0.2) is 40.9 Å². The molecule has 2 aromatic carbocycles. The van der Waals surface area contributed by atoms with Gasteiger partial charge in [-0.3, -0.25) is 0 Å². The lowest BCUT2D eigenvalue weighted by Crippen LogP contribution is -1.74. The Morgan fingerprint density at radius 3 is 2.58 bits per heavy atom. The molecule has 2 rings (SSSR count). The summed E-state index contributed by atoms with van der Waals surface area (Å²) in [4.78, 5) is 0. The number of hydrogen-bond donors (Lipinski definition) is 0. The maximum Gasteiger partial charge on any atom is 0.0554 e. The van der Waals surface area contributed by atoms with Gasteiger partial charge in [0.2, 0.25) is 0 Å². The summed E-state index contributed by atoms with van der Waals surface area (Å²) in [5, 5.41) is 3.12. The van der Waals surface area contributed by atoms with Crippen LogP contribution in [-0.2, 0) is 0 Å². The van der Waals surface area contributed by atoms with Crippen LogP contribution in [0.3, 0.4) is 0 Å². The van der Waals surface area contributed by atoms with Crippen molar-refractivity contribution in [2.24, 2.45) is 0 Å². The van der Waals surface area contributed by atoms with E-state index in [2.05, 4.69) is 22.0 Å². The second kappa shape index (κ2) is 3.08. The molecule has 0 N–H and O–H groups in total. The highest BCUT2D eigenvalue weighted by Crippen LogP contribution is 2.30. The molecule has 0 aliphatic carbocycles. The predicted molar refractivity (Wildman–Crippen MR) is 56.7 cm³/mol. The molecule has 0 bridgehead atoms. The molecule has 2 aromatic rings. The van der Waals surface area contributed by atoms with Gasteiger partial charge in [-0.05, 0) is 32.8 Å². The van der Waals surface area contributed by atoms with Crippen LogP contribution in [0.2, 0.25) is 5.02 Å². The van der Waals surface area contributed by atoms with Crippen LogP contribution in [0.5, 0.6) is 0 Å². The molecule has 0 nitrogen and oxygen atoms in total. The quantitative estimate of drug-likeness (QED) is 0.647. The maximum absolute atomic E-state index is 5.94. The Morgan fingerprint density at radius 1 is 1.00 bits per heavy atom. The Morgan fingerprint density at radius 2 is 1.75 bits per heavy atom. The third kappa shape index (κ3) is 1.23. The second-order valence-electron chi connectivity index (χ2n) is 2.58. The minimum absolute atomic E-state index is 0.758. The molecule has 0 spiro atoms. The van der Waals surface area contributed by atoms with Gasteiger partial charge < -0.3 is 0 Å². The van der Waals surface area contributed by atoms with E-state index in [9.17, 15) is 0 Å². The SMILES string of the molecule is Clc1ccc2ccccc2c1Br. The van der Waals surface area contributed by atoms with E-state index in [1.807, 2.05) is 30.3 Å². The van der Waals surface area contributed by atoms with E-state index < -0.39 is 0 Å². The first-order valence-corrected chi connectivity index (χ1v) is 4.79. The van der Waals surface area contributed by atoms with Crippen molar-refractivity contribution in [1.29, 1.82) is 0 Å². The number of hydrogen-bond acceptors (Lipinski definition) is 0. The molecule has 2 heteroatoms. The fourth-order valence-electron chi connectivity index (χ4n) is 1.21. The molecule has 0 aromatic heterocycles. The second-order valence-corrected chi connectivity index (χ2v) is 3.78. The number of fused-ring (bicyclic) bond motifs is 1. The van der Waals surface area contributed by atoms with Crippen LogP contribution in [-0.4, -0.2) is 0 Å². The van der Waals surface area contributed by atoms with Crippen molar-refractivity contribution in [3.63, 3.8) is 0 Å². The molecular formula is C10H6BrCl. The standard InChI is InChI=1S/C10H6BrCl/c11-10-8-4-2-1-3-7(8)5-6-9(10)12/h1-6H. The third-order valence-electron chi connectivity index (χ3n) is 1.82. The molecule has 0 saturated carbocycles. The zero-order chi connectivity index (χ0) is 8.55. The van der Waals surface area contributed by atoms with Crippen LogP contribution in [0.4, 0.5) is 0 Å². The highest BCUT2D eigenvalue weighted by Gasteiger charge is 2.00. The smallest absolute Gasteiger partial charge is 0.0554 e. The van der Waals surface area contributed by atoms with E-state index in [4.69, 9.17) is 11.6 Å². The Kier molecular flexibility index (Phi) is 2.07. The Labute approximate surface area is 84.3 Å². The lowest BCUT2D eigenvalue weighted by atomic mass is 10.1. The first-order valence-electron chi connectivity index (χ1n) is 3.62. The number of rotatable bonds is 0. The van der Waals surface area contributed by atoms with Gasteiger partial charge in [0.05, 0.1) is 5.02 Å². The summed E-state index contributed by atoms with van der Waals surface area (Å²) in [7, 11) is 0. The zero-order valence-electron chi connectivity index (χ0n) is 6.22. The zero-order valence-corrected chi connectivity index (χ0v) is 8.56. The van der Waals surface area contributed by atoms with E-state index >= 15 is 0 Å². The van der Waals surface area contributed by atoms with Gasteiger partial charge >= 0.3 is 0 Å². The van der Waals surface area contributed by atoms with Crippen molar-refractivity contribution in [3.05, 3.63) is 45.9 Å². The summed E-state index contributed by atoms with van der Waals surface area (Å²) < 4.78 is 0.974. The summed E-state index contributed by atoms with van der Waals surface area (Å²) in [6.07, 6.45) is 0. The molecule has 0 unspecified atom stereocenters. The van der Waals surface area contributed by atoms with Gasteiger partial charge in [0, 0.05) is 4.47 Å². The van der Waals surface area contributed by atoms with Crippen LogP contribution in [0, 0.1) is 0 Å². The highest BCUT2D eigenvalue weighted by atomic mass is 79.9. The maximum atomic E-state index is 5.94. The molecule has 0 aliphatic heterocycles. The molecule has 0 saturated heterocycles. The molecule has 0 heterocycles. The van der Waals surface area contributed by atoms with Gasteiger partial charge in [-0.15, -0.1) is 0 Å². The Balaban J connectivity index is 2.91. The Bertz CT molecular complexity index is 423. The summed E-state index contributed by atoms with van der Waals surface area (Å²) in [5.74, 6) is 0. The van der Waals surface area contributed by atoms with Crippen molar-refractivity contribution in [2.75, 3.05) is 0 Å². The van der Waals surface area contributed by atoms with Gasteiger partial charge in [0.1, 0.15) is 0 Å². The van der Waals surface area contributed by atoms with Gasteiger partial charge in [-0.1, -0.05) is 41.9 Å². The molecule has 0 aliphatic rings. The normalized spacial score (nSPS) is 10.5. The van der Waals surface area contributed by atoms with E-state index in [0.717, 1.165) is 14.9 Å². The van der Waals surface area contributed by atoms with Gasteiger partial charge in [0.15, 0.2) is 0 Å². The van der Waals surface area contributed by atoms with E-state index in [0.29, 0.717) is 0 Å². The number of halogens is 2. The van der Waals surface area contributed by atoms with Crippen molar-refractivity contribution in [2.45, 2.75) is 0 Å². The average Bonchev–Trinajstić information content (AvgIpc) is 2.12. The topological polar surface area (TPSA) is 0 Å². The van der Waals surface area contributed by atoms with Crippen LogP contribution >= 0.6 is 27.5 Å². The molecular weight excluding hydrogens is 235 g/mol. The lowest BCUT2D eigenvalue weighted by molar-refractivity contribution is 1.71. The summed E-state index contributed by atoms with van der Waals surface area (Å²) >= 11 is 9.39. The van der Waals surface area contributed by atoms with Crippen molar-refractivity contribution in [3.8, 4) is 0 Å². The highest BCUT2D eigenvalue weighted by molar-refractivity contribution is 9.10. The largest absolute Gasteiger partial charge is 0.0831 e. The fraction of sp³-hybridized carbons (Fsp3) is 0. The molecule has 0 fully saturated rings. The third-order valence-corrected chi connectivity index (χ3v) is 3.21. The fourth-order valence-corrected chi connectivity index (χ4v) is 1.87.